The van der Waals surface area contributed by atoms with Crippen molar-refractivity contribution in [3.8, 4) is 5.75 Å². The Morgan fingerprint density at radius 1 is 1.14 bits per heavy atom. The summed E-state index contributed by atoms with van der Waals surface area (Å²) in [6.45, 7) is 3.69. The van der Waals surface area contributed by atoms with E-state index in [-0.39, 0.29) is 12.6 Å². The lowest BCUT2D eigenvalue weighted by Crippen LogP contribution is -2.01. The van der Waals surface area contributed by atoms with Crippen molar-refractivity contribution in [1.29, 1.82) is 0 Å². The highest BCUT2D eigenvalue weighted by Crippen LogP contribution is 2.31. The summed E-state index contributed by atoms with van der Waals surface area (Å²) in [5, 5.41) is 1.83. The third-order valence-electron chi connectivity index (χ3n) is 3.35. The SMILES string of the molecule is CCc1cc(OCOP(O)O)cc2ccc(F)c(CC)c12. The number of benzene rings is 2. The van der Waals surface area contributed by atoms with Gasteiger partial charge in [-0.1, -0.05) is 19.9 Å². The van der Waals surface area contributed by atoms with Gasteiger partial charge in [0.15, 0.2) is 6.79 Å². The van der Waals surface area contributed by atoms with Crippen LogP contribution < -0.4 is 4.74 Å². The van der Waals surface area contributed by atoms with Crippen LogP contribution in [0.25, 0.3) is 10.8 Å². The first kappa shape index (κ1) is 16.1. The van der Waals surface area contributed by atoms with Crippen molar-refractivity contribution >= 4 is 19.4 Å². The summed E-state index contributed by atoms with van der Waals surface area (Å²) >= 11 is 0. The Hall–Kier alpha value is -1.26. The Bertz CT molecular complexity index is 631. The summed E-state index contributed by atoms with van der Waals surface area (Å²) in [5.74, 6) is 0.368. The molecule has 0 aliphatic rings. The van der Waals surface area contributed by atoms with Crippen molar-refractivity contribution in [1.82, 2.24) is 0 Å². The van der Waals surface area contributed by atoms with Crippen molar-refractivity contribution in [2.45, 2.75) is 26.7 Å². The Balaban J connectivity index is 2.42. The molecule has 0 radical (unpaired) electrons. The number of fused-ring (bicyclic) bond motifs is 1. The van der Waals surface area contributed by atoms with E-state index in [1.54, 1.807) is 12.1 Å². The van der Waals surface area contributed by atoms with Gasteiger partial charge in [-0.15, -0.1) is 0 Å². The Morgan fingerprint density at radius 3 is 2.52 bits per heavy atom. The molecule has 0 atom stereocenters. The molecule has 0 amide bonds. The Morgan fingerprint density at radius 2 is 1.90 bits per heavy atom. The van der Waals surface area contributed by atoms with Gasteiger partial charge in [-0.2, -0.15) is 0 Å². The van der Waals surface area contributed by atoms with Gasteiger partial charge in [0.25, 0.3) is 0 Å². The van der Waals surface area contributed by atoms with Gasteiger partial charge in [-0.25, -0.2) is 4.39 Å². The van der Waals surface area contributed by atoms with E-state index < -0.39 is 8.60 Å². The summed E-state index contributed by atoms with van der Waals surface area (Å²) in [6.07, 6.45) is 1.37. The first-order chi connectivity index (χ1) is 10.1. The molecule has 4 nitrogen and oxygen atoms in total. The van der Waals surface area contributed by atoms with Crippen LogP contribution in [0.4, 0.5) is 4.39 Å². The van der Waals surface area contributed by atoms with Gasteiger partial charge < -0.3 is 14.5 Å². The van der Waals surface area contributed by atoms with Crippen LogP contribution in [-0.2, 0) is 17.4 Å². The second-order valence-electron chi connectivity index (χ2n) is 4.56. The summed E-state index contributed by atoms with van der Waals surface area (Å²) in [7, 11) is -2.43. The van der Waals surface area contributed by atoms with Gasteiger partial charge in [-0.3, -0.25) is 4.52 Å². The molecule has 0 spiro atoms. The molecule has 2 N–H and O–H groups in total. The van der Waals surface area contributed by atoms with Crippen molar-refractivity contribution in [3.05, 3.63) is 41.2 Å². The normalized spacial score (nSPS) is 11.3. The number of halogens is 1. The van der Waals surface area contributed by atoms with Gasteiger partial charge in [0, 0.05) is 0 Å². The summed E-state index contributed by atoms with van der Waals surface area (Å²) in [4.78, 5) is 17.4. The summed E-state index contributed by atoms with van der Waals surface area (Å²) in [6, 6.07) is 6.82. The molecule has 0 aliphatic carbocycles. The van der Waals surface area contributed by atoms with Gasteiger partial charge in [0.1, 0.15) is 11.6 Å². The molecule has 2 aromatic carbocycles. The fraction of sp³-hybridized carbons (Fsp3) is 0.333. The number of rotatable bonds is 6. The standard InChI is InChI=1S/C15H18FO4P/c1-3-10-7-12(19-9-20-21(17)18)8-11-5-6-14(16)13(4-2)15(10)11/h5-8,17-18H,3-4,9H2,1-2H3. The minimum absolute atomic E-state index is 0.192. The molecule has 0 bridgehead atoms. The molecule has 0 saturated heterocycles. The smallest absolute Gasteiger partial charge is 0.330 e. The Kier molecular flexibility index (Phi) is 5.48. The largest absolute Gasteiger partial charge is 0.467 e. The highest BCUT2D eigenvalue weighted by molar-refractivity contribution is 7.39. The van der Waals surface area contributed by atoms with Crippen LogP contribution in [0.15, 0.2) is 24.3 Å². The van der Waals surface area contributed by atoms with E-state index >= 15 is 0 Å². The maximum absolute atomic E-state index is 13.9. The quantitative estimate of drug-likeness (QED) is 0.631. The zero-order chi connectivity index (χ0) is 15.4. The lowest BCUT2D eigenvalue weighted by molar-refractivity contribution is 0.105. The van der Waals surface area contributed by atoms with E-state index in [0.29, 0.717) is 17.7 Å². The second kappa shape index (κ2) is 7.14. The molecular formula is C15H18FO4P. The molecule has 21 heavy (non-hydrogen) atoms. The number of hydrogen-bond acceptors (Lipinski definition) is 4. The highest BCUT2D eigenvalue weighted by atomic mass is 31.2. The summed E-state index contributed by atoms with van der Waals surface area (Å²) < 4.78 is 23.9. The third kappa shape index (κ3) is 3.69. The van der Waals surface area contributed by atoms with Crippen molar-refractivity contribution < 1.29 is 23.4 Å². The first-order valence-corrected chi connectivity index (χ1v) is 7.90. The fourth-order valence-corrected chi connectivity index (χ4v) is 2.58. The van der Waals surface area contributed by atoms with Crippen LogP contribution in [0, 0.1) is 5.82 Å². The van der Waals surface area contributed by atoms with Crippen LogP contribution in [-0.4, -0.2) is 16.6 Å². The topological polar surface area (TPSA) is 58.9 Å². The van der Waals surface area contributed by atoms with Crippen LogP contribution >= 0.6 is 8.60 Å². The monoisotopic (exact) mass is 312 g/mol. The zero-order valence-corrected chi connectivity index (χ0v) is 12.9. The molecule has 0 unspecified atom stereocenters. The van der Waals surface area contributed by atoms with E-state index in [2.05, 4.69) is 4.52 Å². The minimum atomic E-state index is -2.43. The van der Waals surface area contributed by atoms with Crippen molar-refractivity contribution in [3.63, 3.8) is 0 Å². The molecule has 0 saturated carbocycles. The second-order valence-corrected chi connectivity index (χ2v) is 5.32. The van der Waals surface area contributed by atoms with Crippen LogP contribution in [0.2, 0.25) is 0 Å². The summed E-state index contributed by atoms with van der Waals surface area (Å²) in [5.41, 5.74) is 1.70. The molecule has 6 heteroatoms. The maximum Gasteiger partial charge on any atom is 0.330 e. The molecular weight excluding hydrogens is 294 g/mol. The molecule has 0 fully saturated rings. The van der Waals surface area contributed by atoms with Crippen LogP contribution in [0.5, 0.6) is 5.75 Å². The van der Waals surface area contributed by atoms with Gasteiger partial charge in [0.05, 0.1) is 0 Å². The van der Waals surface area contributed by atoms with E-state index in [9.17, 15) is 4.39 Å². The third-order valence-corrected chi connectivity index (χ3v) is 3.69. The van der Waals surface area contributed by atoms with Gasteiger partial charge in [-0.05, 0) is 52.9 Å². The van der Waals surface area contributed by atoms with Gasteiger partial charge >= 0.3 is 8.60 Å². The minimum Gasteiger partial charge on any atom is -0.467 e. The average molecular weight is 312 g/mol. The molecule has 114 valence electrons. The fourth-order valence-electron chi connectivity index (χ4n) is 2.43. The van der Waals surface area contributed by atoms with E-state index in [4.69, 9.17) is 14.5 Å². The number of ether oxygens (including phenoxy) is 1. The molecule has 0 aromatic heterocycles. The average Bonchev–Trinajstić information content (AvgIpc) is 2.46. The van der Waals surface area contributed by atoms with Crippen LogP contribution in [0.3, 0.4) is 0 Å². The van der Waals surface area contributed by atoms with Crippen LogP contribution in [0.1, 0.15) is 25.0 Å². The molecule has 2 aromatic rings. The van der Waals surface area contributed by atoms with Crippen molar-refractivity contribution in [2.24, 2.45) is 0 Å². The predicted molar refractivity (Wildman–Crippen MR) is 80.6 cm³/mol. The highest BCUT2D eigenvalue weighted by Gasteiger charge is 2.11. The molecule has 0 aliphatic heterocycles. The lowest BCUT2D eigenvalue weighted by atomic mass is 9.95. The lowest BCUT2D eigenvalue weighted by Gasteiger charge is -2.14. The molecule has 2 rings (SSSR count). The van der Waals surface area contributed by atoms with Gasteiger partial charge in [0.2, 0.25) is 0 Å². The van der Waals surface area contributed by atoms with Crippen molar-refractivity contribution in [2.75, 3.05) is 6.79 Å². The molecule has 0 heterocycles. The van der Waals surface area contributed by atoms with E-state index in [1.165, 1.54) is 6.07 Å². The predicted octanol–water partition coefficient (Wildman–Crippen LogP) is 3.67. The number of hydrogen-bond donors (Lipinski definition) is 2. The Labute approximate surface area is 124 Å². The van der Waals surface area contributed by atoms with E-state index in [0.717, 1.165) is 22.8 Å². The maximum atomic E-state index is 13.9. The number of aryl methyl sites for hydroxylation is 2. The van der Waals surface area contributed by atoms with E-state index in [1.807, 2.05) is 19.9 Å². The zero-order valence-electron chi connectivity index (χ0n) is 12.0. The first-order valence-electron chi connectivity index (χ1n) is 6.74.